The van der Waals surface area contributed by atoms with E-state index in [4.69, 9.17) is 15.2 Å². The van der Waals surface area contributed by atoms with Gasteiger partial charge < -0.3 is 25.6 Å². The van der Waals surface area contributed by atoms with Gasteiger partial charge in [-0.3, -0.25) is 4.79 Å². The number of ether oxygens (including phenoxy) is 2. The summed E-state index contributed by atoms with van der Waals surface area (Å²) in [4.78, 5) is 11.7. The van der Waals surface area contributed by atoms with Crippen molar-refractivity contribution in [2.75, 3.05) is 27.3 Å². The highest BCUT2D eigenvalue weighted by Gasteiger charge is 2.10. The number of hydrogen-bond acceptors (Lipinski definition) is 5. The average molecular weight is 294 g/mol. The van der Waals surface area contributed by atoms with Crippen molar-refractivity contribution >= 4 is 12.0 Å². The Bertz CT molecular complexity index is 475. The predicted molar refractivity (Wildman–Crippen MR) is 81.5 cm³/mol. The van der Waals surface area contributed by atoms with Crippen LogP contribution in [0.15, 0.2) is 18.2 Å². The van der Waals surface area contributed by atoms with Crippen LogP contribution in [0.1, 0.15) is 18.4 Å². The predicted octanol–water partition coefficient (Wildman–Crippen LogP) is 1.28. The van der Waals surface area contributed by atoms with Crippen LogP contribution in [-0.2, 0) is 4.79 Å². The molecule has 0 aliphatic rings. The van der Waals surface area contributed by atoms with E-state index in [1.165, 1.54) is 32.4 Å². The highest BCUT2D eigenvalue weighted by Crippen LogP contribution is 2.34. The first-order valence-electron chi connectivity index (χ1n) is 6.73. The minimum atomic E-state index is -0.204. The number of nitrogens with two attached hydrogens (primary N) is 1. The maximum absolute atomic E-state index is 11.7. The number of rotatable bonds is 8. The molecule has 0 heterocycles. The summed E-state index contributed by atoms with van der Waals surface area (Å²) in [5.41, 5.74) is 5.97. The third-order valence-corrected chi connectivity index (χ3v) is 2.86. The molecule has 4 N–H and O–H groups in total. The summed E-state index contributed by atoms with van der Waals surface area (Å²) in [5.74, 6) is 0.689. The first-order chi connectivity index (χ1) is 10.1. The van der Waals surface area contributed by atoms with Crippen LogP contribution in [0.25, 0.3) is 6.08 Å². The lowest BCUT2D eigenvalue weighted by atomic mass is 10.1. The fourth-order valence-electron chi connectivity index (χ4n) is 1.79. The van der Waals surface area contributed by atoms with Crippen molar-refractivity contribution in [1.82, 2.24) is 5.32 Å². The van der Waals surface area contributed by atoms with Gasteiger partial charge in [0, 0.05) is 24.8 Å². The van der Waals surface area contributed by atoms with Gasteiger partial charge in [0.25, 0.3) is 0 Å². The third kappa shape index (κ3) is 5.35. The largest absolute Gasteiger partial charge is 0.508 e. The fraction of sp³-hybridized carbons (Fsp3) is 0.400. The van der Waals surface area contributed by atoms with Crippen molar-refractivity contribution in [2.24, 2.45) is 5.73 Å². The Balaban J connectivity index is 2.76. The van der Waals surface area contributed by atoms with Crippen LogP contribution in [0.4, 0.5) is 0 Å². The molecule has 116 valence electrons. The van der Waals surface area contributed by atoms with Crippen molar-refractivity contribution in [1.29, 1.82) is 0 Å². The second kappa shape index (κ2) is 8.86. The molecule has 0 spiro atoms. The molecule has 0 radical (unpaired) electrons. The van der Waals surface area contributed by atoms with Gasteiger partial charge in [-0.2, -0.15) is 0 Å². The van der Waals surface area contributed by atoms with Crippen molar-refractivity contribution in [3.63, 3.8) is 0 Å². The Kier molecular flexibility index (Phi) is 7.11. The van der Waals surface area contributed by atoms with E-state index in [-0.39, 0.29) is 11.7 Å². The number of nitrogens with one attached hydrogen (secondary N) is 1. The number of hydrogen-bond donors (Lipinski definition) is 3. The smallest absolute Gasteiger partial charge is 0.244 e. The summed E-state index contributed by atoms with van der Waals surface area (Å²) in [6.45, 7) is 1.21. The molecule has 1 amide bonds. The van der Waals surface area contributed by atoms with Crippen molar-refractivity contribution in [3.05, 3.63) is 23.8 Å². The van der Waals surface area contributed by atoms with E-state index in [9.17, 15) is 9.90 Å². The van der Waals surface area contributed by atoms with Crippen LogP contribution in [0.2, 0.25) is 0 Å². The highest BCUT2D eigenvalue weighted by atomic mass is 16.5. The minimum Gasteiger partial charge on any atom is -0.508 e. The van der Waals surface area contributed by atoms with Gasteiger partial charge in [0.15, 0.2) is 0 Å². The second-order valence-corrected chi connectivity index (χ2v) is 4.38. The van der Waals surface area contributed by atoms with Gasteiger partial charge in [0.1, 0.15) is 17.2 Å². The maximum atomic E-state index is 11.7. The molecule has 0 aromatic heterocycles. The lowest BCUT2D eigenvalue weighted by molar-refractivity contribution is -0.116. The molecule has 0 atom stereocenters. The van der Waals surface area contributed by atoms with Crippen LogP contribution >= 0.6 is 0 Å². The Morgan fingerprint density at radius 3 is 2.43 bits per heavy atom. The quantitative estimate of drug-likeness (QED) is 0.496. The lowest BCUT2D eigenvalue weighted by Gasteiger charge is -2.10. The molecule has 0 aliphatic carbocycles. The molecule has 6 heteroatoms. The van der Waals surface area contributed by atoms with E-state index < -0.39 is 0 Å². The van der Waals surface area contributed by atoms with Gasteiger partial charge in [-0.15, -0.1) is 0 Å². The van der Waals surface area contributed by atoms with Crippen molar-refractivity contribution < 1.29 is 19.4 Å². The molecular formula is C15H22N2O4. The van der Waals surface area contributed by atoms with Crippen LogP contribution in [0.5, 0.6) is 17.2 Å². The highest BCUT2D eigenvalue weighted by molar-refractivity contribution is 5.92. The molecule has 6 nitrogen and oxygen atoms in total. The number of aromatic hydroxyl groups is 1. The van der Waals surface area contributed by atoms with Gasteiger partial charge >= 0.3 is 0 Å². The topological polar surface area (TPSA) is 93.8 Å². The summed E-state index contributed by atoms with van der Waals surface area (Å²) in [5, 5.41) is 12.3. The van der Waals surface area contributed by atoms with Crippen LogP contribution < -0.4 is 20.5 Å². The van der Waals surface area contributed by atoms with Gasteiger partial charge in [-0.1, -0.05) is 0 Å². The van der Waals surface area contributed by atoms with Gasteiger partial charge in [-0.05, 0) is 25.5 Å². The summed E-state index contributed by atoms with van der Waals surface area (Å²) in [7, 11) is 2.97. The van der Waals surface area contributed by atoms with E-state index in [1.54, 1.807) is 6.08 Å². The molecule has 21 heavy (non-hydrogen) atoms. The summed E-state index contributed by atoms with van der Waals surface area (Å²) in [6.07, 6.45) is 4.72. The van der Waals surface area contributed by atoms with E-state index in [2.05, 4.69) is 5.32 Å². The van der Waals surface area contributed by atoms with Crippen LogP contribution in [-0.4, -0.2) is 38.3 Å². The third-order valence-electron chi connectivity index (χ3n) is 2.86. The molecule has 1 aromatic carbocycles. The van der Waals surface area contributed by atoms with E-state index in [1.807, 2.05) is 0 Å². The molecule has 0 aliphatic heterocycles. The van der Waals surface area contributed by atoms with E-state index >= 15 is 0 Å². The summed E-state index contributed by atoms with van der Waals surface area (Å²) < 4.78 is 10.4. The zero-order valence-electron chi connectivity index (χ0n) is 12.4. The normalized spacial score (nSPS) is 10.6. The number of benzene rings is 1. The van der Waals surface area contributed by atoms with Gasteiger partial charge in [0.05, 0.1) is 19.8 Å². The Labute approximate surface area is 124 Å². The van der Waals surface area contributed by atoms with E-state index in [0.29, 0.717) is 30.2 Å². The minimum absolute atomic E-state index is 0.0343. The maximum Gasteiger partial charge on any atom is 0.244 e. The van der Waals surface area contributed by atoms with Crippen LogP contribution in [0.3, 0.4) is 0 Å². The standard InChI is InChI=1S/C15H22N2O4/c1-20-13-9-11(18)10-14(21-2)12(13)5-6-15(19)17-8-4-3-7-16/h5-6,9-10,18H,3-4,7-8,16H2,1-2H3,(H,17,19)/b6-5+. The molecular weight excluding hydrogens is 272 g/mol. The number of phenols is 1. The Hall–Kier alpha value is -2.21. The molecule has 0 fully saturated rings. The van der Waals surface area contributed by atoms with Crippen LogP contribution in [0, 0.1) is 0 Å². The monoisotopic (exact) mass is 294 g/mol. The average Bonchev–Trinajstić information content (AvgIpc) is 2.49. The Morgan fingerprint density at radius 2 is 1.90 bits per heavy atom. The zero-order chi connectivity index (χ0) is 15.7. The van der Waals surface area contributed by atoms with E-state index in [0.717, 1.165) is 12.8 Å². The molecule has 0 bridgehead atoms. The molecule has 0 unspecified atom stereocenters. The van der Waals surface area contributed by atoms with Gasteiger partial charge in [0.2, 0.25) is 5.91 Å². The molecule has 0 saturated carbocycles. The first-order valence-corrected chi connectivity index (χ1v) is 6.73. The summed E-state index contributed by atoms with van der Waals surface area (Å²) in [6, 6.07) is 2.92. The SMILES string of the molecule is COc1cc(O)cc(OC)c1/C=C/C(=O)NCCCCN. The number of unbranched alkanes of at least 4 members (excludes halogenated alkanes) is 1. The lowest BCUT2D eigenvalue weighted by Crippen LogP contribution is -2.22. The summed E-state index contributed by atoms with van der Waals surface area (Å²) >= 11 is 0. The number of carbonyl (C=O) groups is 1. The number of carbonyl (C=O) groups excluding carboxylic acids is 1. The Morgan fingerprint density at radius 1 is 1.29 bits per heavy atom. The first kappa shape index (κ1) is 16.8. The zero-order valence-corrected chi connectivity index (χ0v) is 12.4. The van der Waals surface area contributed by atoms with Crippen molar-refractivity contribution in [2.45, 2.75) is 12.8 Å². The van der Waals surface area contributed by atoms with Crippen molar-refractivity contribution in [3.8, 4) is 17.2 Å². The molecule has 1 rings (SSSR count). The van der Waals surface area contributed by atoms with Gasteiger partial charge in [-0.25, -0.2) is 0 Å². The number of phenolic OH excluding ortho intramolecular Hbond substituents is 1. The number of amides is 1. The molecule has 1 aromatic rings. The fourth-order valence-corrected chi connectivity index (χ4v) is 1.79. The molecule has 0 saturated heterocycles. The number of methoxy groups -OCH3 is 2. The second-order valence-electron chi connectivity index (χ2n) is 4.38.